The third-order valence-corrected chi connectivity index (χ3v) is 4.19. The van der Waals surface area contributed by atoms with Crippen LogP contribution in [-0.4, -0.2) is 48.3 Å². The van der Waals surface area contributed by atoms with Gasteiger partial charge in [-0.25, -0.2) is 9.18 Å². The van der Waals surface area contributed by atoms with Gasteiger partial charge in [0.15, 0.2) is 0 Å². The Morgan fingerprint density at radius 3 is 2.88 bits per heavy atom. The number of nitrogens with one attached hydrogen (secondary N) is 2. The van der Waals surface area contributed by atoms with E-state index < -0.39 is 18.0 Å². The zero-order chi connectivity index (χ0) is 17.5. The maximum atomic E-state index is 13.2. The van der Waals surface area contributed by atoms with E-state index in [1.807, 2.05) is 0 Å². The Morgan fingerprint density at radius 1 is 1.50 bits per heavy atom. The number of rotatable bonds is 5. The van der Waals surface area contributed by atoms with Crippen molar-refractivity contribution in [3.63, 3.8) is 0 Å². The first kappa shape index (κ1) is 18.2. The topological polar surface area (TPSA) is 88.4 Å². The summed E-state index contributed by atoms with van der Waals surface area (Å²) in [5.74, 6) is 0.103. The van der Waals surface area contributed by atoms with Crippen molar-refractivity contribution >= 4 is 11.7 Å². The van der Waals surface area contributed by atoms with Crippen LogP contribution in [0.3, 0.4) is 0 Å². The van der Waals surface area contributed by atoms with Crippen LogP contribution >= 0.6 is 0 Å². The van der Waals surface area contributed by atoms with E-state index >= 15 is 0 Å². The Kier molecular flexibility index (Phi) is 6.53. The van der Waals surface area contributed by atoms with Gasteiger partial charge in [-0.15, -0.1) is 0 Å². The summed E-state index contributed by atoms with van der Waals surface area (Å²) >= 11 is 0. The van der Waals surface area contributed by atoms with Crippen LogP contribution in [0.5, 0.6) is 0 Å². The third kappa shape index (κ3) is 5.48. The number of hydrogen-bond acceptors (Lipinski definition) is 4. The summed E-state index contributed by atoms with van der Waals surface area (Å²) in [5, 5.41) is 23.9. The van der Waals surface area contributed by atoms with Gasteiger partial charge in [0, 0.05) is 18.8 Å². The van der Waals surface area contributed by atoms with E-state index in [1.165, 1.54) is 12.1 Å². The highest BCUT2D eigenvalue weighted by Crippen LogP contribution is 2.16. The summed E-state index contributed by atoms with van der Waals surface area (Å²) in [6.45, 7) is 4.83. The normalized spacial score (nSPS) is 17.1. The first-order valence-corrected chi connectivity index (χ1v) is 8.13. The average Bonchev–Trinajstić information content (AvgIpc) is 2.57. The number of carbonyl (C=O) groups is 1. The molecule has 130 valence electrons. The lowest BCUT2D eigenvalue weighted by Gasteiger charge is -2.31. The summed E-state index contributed by atoms with van der Waals surface area (Å²) in [4.78, 5) is 14.0. The van der Waals surface area contributed by atoms with E-state index in [-0.39, 0.29) is 12.1 Å². The molecule has 1 heterocycles. The summed E-state index contributed by atoms with van der Waals surface area (Å²) < 4.78 is 13.2. The lowest BCUT2D eigenvalue weighted by molar-refractivity contribution is 0.0924. The molecule has 0 saturated carbocycles. The van der Waals surface area contributed by atoms with E-state index in [1.54, 1.807) is 6.07 Å². The van der Waals surface area contributed by atoms with Crippen molar-refractivity contribution < 1.29 is 14.3 Å². The third-order valence-electron chi connectivity index (χ3n) is 4.19. The van der Waals surface area contributed by atoms with E-state index in [4.69, 9.17) is 5.26 Å². The van der Waals surface area contributed by atoms with Gasteiger partial charge in [-0.1, -0.05) is 6.92 Å². The molecule has 24 heavy (non-hydrogen) atoms. The van der Waals surface area contributed by atoms with Gasteiger partial charge < -0.3 is 20.6 Å². The molecule has 2 rings (SSSR count). The molecule has 1 aliphatic heterocycles. The molecule has 1 aliphatic rings. The second-order valence-electron chi connectivity index (χ2n) is 6.28. The number of hydrogen-bond donors (Lipinski definition) is 3. The summed E-state index contributed by atoms with van der Waals surface area (Å²) in [5.41, 5.74) is 0.192. The van der Waals surface area contributed by atoms with Crippen LogP contribution in [0.1, 0.15) is 25.3 Å². The molecule has 0 aliphatic carbocycles. The molecule has 1 saturated heterocycles. The minimum atomic E-state index is -0.646. The molecule has 2 amide bonds. The van der Waals surface area contributed by atoms with Crippen LogP contribution in [0.15, 0.2) is 18.2 Å². The van der Waals surface area contributed by atoms with E-state index in [0.717, 1.165) is 37.9 Å². The van der Waals surface area contributed by atoms with Crippen molar-refractivity contribution in [3.8, 4) is 6.07 Å². The highest BCUT2D eigenvalue weighted by Gasteiger charge is 2.18. The molecular weight excluding hydrogens is 311 g/mol. The fourth-order valence-electron chi connectivity index (χ4n) is 2.68. The number of piperidine rings is 1. The smallest absolute Gasteiger partial charge is 0.319 e. The van der Waals surface area contributed by atoms with Gasteiger partial charge in [-0.05, 0) is 50.0 Å². The molecule has 7 heteroatoms. The molecule has 1 aromatic rings. The number of anilines is 1. The second kappa shape index (κ2) is 8.62. The number of amides is 2. The zero-order valence-electron chi connectivity index (χ0n) is 13.8. The molecule has 1 aromatic carbocycles. The predicted octanol–water partition coefficient (Wildman–Crippen LogP) is 1.91. The lowest BCUT2D eigenvalue weighted by atomic mass is 9.99. The number of aliphatic hydroxyl groups excluding tert-OH is 1. The highest BCUT2D eigenvalue weighted by atomic mass is 19.1. The molecule has 0 bridgehead atoms. The summed E-state index contributed by atoms with van der Waals surface area (Å²) in [7, 11) is 0. The van der Waals surface area contributed by atoms with Crippen LogP contribution < -0.4 is 10.6 Å². The van der Waals surface area contributed by atoms with Gasteiger partial charge in [0.2, 0.25) is 0 Å². The average molecular weight is 334 g/mol. The number of aliphatic hydroxyl groups is 1. The van der Waals surface area contributed by atoms with Gasteiger partial charge in [-0.2, -0.15) is 5.26 Å². The first-order chi connectivity index (χ1) is 11.5. The van der Waals surface area contributed by atoms with Crippen LogP contribution in [0, 0.1) is 23.1 Å². The van der Waals surface area contributed by atoms with Crippen LogP contribution in [0.4, 0.5) is 14.9 Å². The molecule has 0 aromatic heterocycles. The van der Waals surface area contributed by atoms with Crippen LogP contribution in [0.2, 0.25) is 0 Å². The van der Waals surface area contributed by atoms with Gasteiger partial charge in [0.1, 0.15) is 11.9 Å². The fraction of sp³-hybridized carbons (Fsp3) is 0.529. The Morgan fingerprint density at radius 2 is 2.21 bits per heavy atom. The molecule has 0 radical (unpaired) electrons. The van der Waals surface area contributed by atoms with E-state index in [9.17, 15) is 14.3 Å². The number of benzene rings is 1. The van der Waals surface area contributed by atoms with Crippen molar-refractivity contribution in [1.82, 2.24) is 10.2 Å². The van der Waals surface area contributed by atoms with Gasteiger partial charge in [-0.3, -0.25) is 0 Å². The second-order valence-corrected chi connectivity index (χ2v) is 6.28. The molecule has 1 fully saturated rings. The van der Waals surface area contributed by atoms with Crippen LogP contribution in [-0.2, 0) is 0 Å². The quantitative estimate of drug-likeness (QED) is 0.767. The number of carbonyl (C=O) groups excluding carboxylic acids is 1. The van der Waals surface area contributed by atoms with Gasteiger partial charge in [0.25, 0.3) is 0 Å². The number of urea groups is 1. The first-order valence-electron chi connectivity index (χ1n) is 8.13. The minimum absolute atomic E-state index is 0.129. The summed E-state index contributed by atoms with van der Waals surface area (Å²) in [6, 6.07) is 4.98. The molecule has 1 atom stereocenters. The Labute approximate surface area is 141 Å². The van der Waals surface area contributed by atoms with E-state index in [2.05, 4.69) is 22.5 Å². The monoisotopic (exact) mass is 334 g/mol. The van der Waals surface area contributed by atoms with E-state index in [0.29, 0.717) is 12.2 Å². The highest BCUT2D eigenvalue weighted by molar-refractivity contribution is 5.89. The SMILES string of the molecule is CC1CCN(CC(O)CNC(=O)Nc2ccc(F)c(C#N)c2)CC1. The number of nitriles is 1. The fourth-order valence-corrected chi connectivity index (χ4v) is 2.68. The standard InChI is InChI=1S/C17H23FN4O2/c1-12-4-6-22(7-5-12)11-15(23)10-20-17(24)21-14-2-3-16(18)13(8-14)9-19/h2-3,8,12,15,23H,4-7,10-11H2,1H3,(H2,20,21,24). The minimum Gasteiger partial charge on any atom is -0.390 e. The van der Waals surface area contributed by atoms with Crippen molar-refractivity contribution in [3.05, 3.63) is 29.6 Å². The van der Waals surface area contributed by atoms with Crippen molar-refractivity contribution in [2.24, 2.45) is 5.92 Å². The number of β-amino-alcohol motifs (C(OH)–C–C–N with tert-alkyl or cyclic N) is 1. The van der Waals surface area contributed by atoms with Crippen molar-refractivity contribution in [2.75, 3.05) is 31.5 Å². The number of likely N-dealkylation sites (tertiary alicyclic amines) is 1. The number of nitrogens with zero attached hydrogens (tertiary/aromatic N) is 2. The molecule has 1 unspecified atom stereocenters. The number of halogens is 1. The van der Waals surface area contributed by atoms with Gasteiger partial charge >= 0.3 is 6.03 Å². The molecule has 0 spiro atoms. The van der Waals surface area contributed by atoms with Crippen LogP contribution in [0.25, 0.3) is 0 Å². The lowest BCUT2D eigenvalue weighted by Crippen LogP contribution is -2.43. The predicted molar refractivity (Wildman–Crippen MR) is 89.0 cm³/mol. The Hall–Kier alpha value is -2.17. The Balaban J connectivity index is 1.73. The van der Waals surface area contributed by atoms with Crippen molar-refractivity contribution in [2.45, 2.75) is 25.9 Å². The van der Waals surface area contributed by atoms with Crippen molar-refractivity contribution in [1.29, 1.82) is 5.26 Å². The summed E-state index contributed by atoms with van der Waals surface area (Å²) in [6.07, 6.45) is 1.62. The molecular formula is C17H23FN4O2. The Bertz CT molecular complexity index is 609. The molecule has 3 N–H and O–H groups in total. The molecule has 6 nitrogen and oxygen atoms in total. The maximum Gasteiger partial charge on any atom is 0.319 e. The largest absolute Gasteiger partial charge is 0.390 e. The zero-order valence-corrected chi connectivity index (χ0v) is 13.8. The maximum absolute atomic E-state index is 13.2. The van der Waals surface area contributed by atoms with Gasteiger partial charge in [0.05, 0.1) is 11.7 Å².